The van der Waals surface area contributed by atoms with Crippen molar-refractivity contribution in [1.82, 2.24) is 10.7 Å². The van der Waals surface area contributed by atoms with Gasteiger partial charge in [-0.15, -0.1) is 0 Å². The fraction of sp³-hybridized carbons (Fsp3) is 0.273. The molecular formula is C11H15N3S. The van der Waals surface area contributed by atoms with E-state index in [-0.39, 0.29) is 0 Å². The molecule has 0 spiro atoms. The quantitative estimate of drug-likeness (QED) is 0.454. The highest BCUT2D eigenvalue weighted by molar-refractivity contribution is 7.80. The van der Waals surface area contributed by atoms with Crippen molar-refractivity contribution in [1.29, 1.82) is 0 Å². The molecule has 0 radical (unpaired) electrons. The van der Waals surface area contributed by atoms with Crippen molar-refractivity contribution >= 4 is 23.0 Å². The van der Waals surface area contributed by atoms with Crippen LogP contribution in [0.1, 0.15) is 18.1 Å². The summed E-state index contributed by atoms with van der Waals surface area (Å²) in [5.74, 6) is 0. The molecule has 0 amide bonds. The molecule has 0 aliphatic rings. The Morgan fingerprint density at radius 1 is 1.27 bits per heavy atom. The normalized spacial score (nSPS) is 11.0. The van der Waals surface area contributed by atoms with Gasteiger partial charge in [0.1, 0.15) is 0 Å². The molecule has 2 N–H and O–H groups in total. The van der Waals surface area contributed by atoms with Gasteiger partial charge in [0, 0.05) is 7.05 Å². The molecule has 0 unspecified atom stereocenters. The average Bonchev–Trinajstić information content (AvgIpc) is 2.26. The SMILES string of the molecule is CNC(=S)N/N=C(\C)c1ccc(C)cc1. The number of hydrazone groups is 1. The smallest absolute Gasteiger partial charge is 0.186 e. The predicted molar refractivity (Wildman–Crippen MR) is 68.2 cm³/mol. The molecule has 0 bridgehead atoms. The van der Waals surface area contributed by atoms with Crippen molar-refractivity contribution < 1.29 is 0 Å². The second-order valence-corrected chi connectivity index (χ2v) is 3.66. The van der Waals surface area contributed by atoms with E-state index in [9.17, 15) is 0 Å². The summed E-state index contributed by atoms with van der Waals surface area (Å²) < 4.78 is 0. The molecule has 0 aromatic heterocycles. The second-order valence-electron chi connectivity index (χ2n) is 3.25. The lowest BCUT2D eigenvalue weighted by molar-refractivity contribution is 0.974. The Labute approximate surface area is 95.6 Å². The largest absolute Gasteiger partial charge is 0.364 e. The van der Waals surface area contributed by atoms with Crippen LogP contribution in [0.5, 0.6) is 0 Å². The molecule has 0 saturated heterocycles. The third kappa shape index (κ3) is 3.67. The van der Waals surface area contributed by atoms with Crippen LogP contribution in [0.2, 0.25) is 0 Å². The van der Waals surface area contributed by atoms with E-state index in [2.05, 4.69) is 34.9 Å². The minimum absolute atomic E-state index is 0.515. The number of benzene rings is 1. The van der Waals surface area contributed by atoms with Crippen LogP contribution >= 0.6 is 12.2 Å². The van der Waals surface area contributed by atoms with Crippen molar-refractivity contribution in [2.75, 3.05) is 7.05 Å². The van der Waals surface area contributed by atoms with Crippen molar-refractivity contribution in [3.8, 4) is 0 Å². The van der Waals surface area contributed by atoms with Crippen LogP contribution in [-0.2, 0) is 0 Å². The van der Waals surface area contributed by atoms with E-state index in [0.29, 0.717) is 5.11 Å². The van der Waals surface area contributed by atoms with E-state index in [4.69, 9.17) is 12.2 Å². The van der Waals surface area contributed by atoms with Gasteiger partial charge >= 0.3 is 0 Å². The van der Waals surface area contributed by atoms with E-state index >= 15 is 0 Å². The van der Waals surface area contributed by atoms with Gasteiger partial charge in [-0.3, -0.25) is 5.43 Å². The number of nitrogens with one attached hydrogen (secondary N) is 2. The Hall–Kier alpha value is -1.42. The van der Waals surface area contributed by atoms with Crippen LogP contribution in [0.15, 0.2) is 29.4 Å². The summed E-state index contributed by atoms with van der Waals surface area (Å²) in [7, 11) is 1.76. The van der Waals surface area contributed by atoms with Crippen molar-refractivity contribution in [2.24, 2.45) is 5.10 Å². The van der Waals surface area contributed by atoms with Crippen LogP contribution in [0.4, 0.5) is 0 Å². The van der Waals surface area contributed by atoms with Gasteiger partial charge in [-0.25, -0.2) is 0 Å². The van der Waals surface area contributed by atoms with Crippen LogP contribution < -0.4 is 10.7 Å². The molecule has 4 heteroatoms. The molecule has 0 saturated carbocycles. The molecule has 0 aliphatic carbocycles. The summed E-state index contributed by atoms with van der Waals surface area (Å²) in [6.07, 6.45) is 0. The first-order valence-corrected chi connectivity index (χ1v) is 5.13. The molecule has 1 aromatic carbocycles. The molecule has 15 heavy (non-hydrogen) atoms. The van der Waals surface area contributed by atoms with Gasteiger partial charge in [0.15, 0.2) is 5.11 Å². The third-order valence-electron chi connectivity index (χ3n) is 2.02. The first-order chi connectivity index (χ1) is 7.13. The van der Waals surface area contributed by atoms with E-state index in [1.807, 2.05) is 19.1 Å². The molecule has 1 aromatic rings. The Morgan fingerprint density at radius 2 is 1.87 bits per heavy atom. The first-order valence-electron chi connectivity index (χ1n) is 4.72. The molecule has 3 nitrogen and oxygen atoms in total. The van der Waals surface area contributed by atoms with E-state index in [1.165, 1.54) is 5.56 Å². The topological polar surface area (TPSA) is 36.4 Å². The van der Waals surface area contributed by atoms with Crippen molar-refractivity contribution in [2.45, 2.75) is 13.8 Å². The number of nitrogens with zero attached hydrogens (tertiary/aromatic N) is 1. The zero-order valence-corrected chi connectivity index (χ0v) is 9.98. The lowest BCUT2D eigenvalue weighted by atomic mass is 10.1. The summed E-state index contributed by atoms with van der Waals surface area (Å²) in [4.78, 5) is 0. The molecule has 0 atom stereocenters. The monoisotopic (exact) mass is 221 g/mol. The standard InChI is InChI=1S/C11H15N3S/c1-8-4-6-10(7-5-8)9(2)13-14-11(15)12-3/h4-7H,1-3H3,(H2,12,14,15)/b13-9+. The molecule has 0 heterocycles. The Bertz CT molecular complexity index is 368. The van der Waals surface area contributed by atoms with E-state index in [0.717, 1.165) is 11.3 Å². The maximum atomic E-state index is 4.92. The minimum Gasteiger partial charge on any atom is -0.364 e. The van der Waals surface area contributed by atoms with Gasteiger partial charge in [0.05, 0.1) is 5.71 Å². The summed E-state index contributed by atoms with van der Waals surface area (Å²) in [6, 6.07) is 8.20. The van der Waals surface area contributed by atoms with Gasteiger partial charge < -0.3 is 5.32 Å². The number of thiocarbonyl (C=S) groups is 1. The zero-order valence-electron chi connectivity index (χ0n) is 9.16. The fourth-order valence-corrected chi connectivity index (χ4v) is 1.10. The lowest BCUT2D eigenvalue weighted by Gasteiger charge is -2.04. The lowest BCUT2D eigenvalue weighted by Crippen LogP contribution is -2.29. The second kappa shape index (κ2) is 5.46. The number of hydrogen-bond donors (Lipinski definition) is 2. The fourth-order valence-electron chi connectivity index (χ4n) is 1.05. The van der Waals surface area contributed by atoms with Gasteiger partial charge in [-0.05, 0) is 31.6 Å². The number of aryl methyl sites for hydroxylation is 1. The maximum Gasteiger partial charge on any atom is 0.186 e. The first kappa shape index (κ1) is 11.7. The predicted octanol–water partition coefficient (Wildman–Crippen LogP) is 1.81. The van der Waals surface area contributed by atoms with Gasteiger partial charge in [-0.1, -0.05) is 29.8 Å². The summed E-state index contributed by atoms with van der Waals surface area (Å²) in [6.45, 7) is 4.00. The maximum absolute atomic E-state index is 4.92. The highest BCUT2D eigenvalue weighted by atomic mass is 32.1. The molecule has 80 valence electrons. The summed E-state index contributed by atoms with van der Waals surface area (Å²) in [5, 5.41) is 7.47. The average molecular weight is 221 g/mol. The van der Waals surface area contributed by atoms with Gasteiger partial charge in [0.25, 0.3) is 0 Å². The van der Waals surface area contributed by atoms with Gasteiger partial charge in [0.2, 0.25) is 0 Å². The Morgan fingerprint density at radius 3 is 2.40 bits per heavy atom. The van der Waals surface area contributed by atoms with Crippen LogP contribution in [0.3, 0.4) is 0 Å². The highest BCUT2D eigenvalue weighted by Crippen LogP contribution is 2.03. The number of hydrogen-bond acceptors (Lipinski definition) is 2. The third-order valence-corrected chi connectivity index (χ3v) is 2.32. The Balaban J connectivity index is 2.71. The van der Waals surface area contributed by atoms with Crippen molar-refractivity contribution in [3.05, 3.63) is 35.4 Å². The molecule has 0 fully saturated rings. The van der Waals surface area contributed by atoms with E-state index < -0.39 is 0 Å². The van der Waals surface area contributed by atoms with Crippen LogP contribution in [0.25, 0.3) is 0 Å². The molecular weight excluding hydrogens is 206 g/mol. The van der Waals surface area contributed by atoms with Crippen LogP contribution in [0, 0.1) is 6.92 Å². The summed E-state index contributed by atoms with van der Waals surface area (Å²) >= 11 is 4.92. The highest BCUT2D eigenvalue weighted by Gasteiger charge is 1.96. The summed E-state index contributed by atoms with van der Waals surface area (Å²) in [5.41, 5.74) is 5.99. The molecule has 1 rings (SSSR count). The minimum atomic E-state index is 0.515. The van der Waals surface area contributed by atoms with E-state index in [1.54, 1.807) is 7.05 Å². The zero-order chi connectivity index (χ0) is 11.3. The molecule has 0 aliphatic heterocycles. The van der Waals surface area contributed by atoms with Crippen LogP contribution in [-0.4, -0.2) is 17.9 Å². The number of rotatable bonds is 2. The Kier molecular flexibility index (Phi) is 4.24. The van der Waals surface area contributed by atoms with Gasteiger partial charge in [-0.2, -0.15) is 5.10 Å². The van der Waals surface area contributed by atoms with Crippen molar-refractivity contribution in [3.63, 3.8) is 0 Å².